The molecule has 1 aromatic rings. The number of carbonyl (C=O) groups is 1. The van der Waals surface area contributed by atoms with Crippen LogP contribution in [0.4, 0.5) is 5.69 Å². The SMILES string of the molecule is CC(=O)C1(c2ccc3c(c2)N(C)CCO3)CC1. The number of hydrogen-bond acceptors (Lipinski definition) is 3. The normalized spacial score (nSPS) is 20.5. The number of rotatable bonds is 2. The summed E-state index contributed by atoms with van der Waals surface area (Å²) in [6, 6.07) is 6.18. The standard InChI is InChI=1S/C14H17NO2/c1-10(16)14(5-6-14)11-3-4-13-12(9-11)15(2)7-8-17-13/h3-4,9H,5-8H2,1-2H3. The Hall–Kier alpha value is -1.51. The molecule has 1 fully saturated rings. The van der Waals surface area contributed by atoms with Gasteiger partial charge >= 0.3 is 0 Å². The third-order valence-corrected chi connectivity index (χ3v) is 4.03. The number of likely N-dealkylation sites (N-methyl/N-ethyl adjacent to an activating group) is 1. The first kappa shape index (κ1) is 10.6. The molecule has 17 heavy (non-hydrogen) atoms. The fourth-order valence-electron chi connectivity index (χ4n) is 2.62. The molecule has 1 aliphatic heterocycles. The van der Waals surface area contributed by atoms with Gasteiger partial charge in [-0.1, -0.05) is 6.07 Å². The summed E-state index contributed by atoms with van der Waals surface area (Å²) in [6.45, 7) is 3.34. The van der Waals surface area contributed by atoms with Crippen LogP contribution < -0.4 is 9.64 Å². The Morgan fingerprint density at radius 1 is 1.41 bits per heavy atom. The highest BCUT2D eigenvalue weighted by Crippen LogP contribution is 2.50. The number of carbonyl (C=O) groups excluding carboxylic acids is 1. The monoisotopic (exact) mass is 231 g/mol. The highest BCUT2D eigenvalue weighted by molar-refractivity contribution is 5.91. The van der Waals surface area contributed by atoms with Gasteiger partial charge in [-0.2, -0.15) is 0 Å². The maximum atomic E-state index is 11.7. The van der Waals surface area contributed by atoms with Crippen LogP contribution >= 0.6 is 0 Å². The molecule has 1 aliphatic carbocycles. The van der Waals surface area contributed by atoms with E-state index in [1.807, 2.05) is 12.1 Å². The van der Waals surface area contributed by atoms with Gasteiger partial charge in [0.2, 0.25) is 0 Å². The predicted molar refractivity (Wildman–Crippen MR) is 66.8 cm³/mol. The fraction of sp³-hybridized carbons (Fsp3) is 0.500. The van der Waals surface area contributed by atoms with Crippen molar-refractivity contribution in [3.05, 3.63) is 23.8 Å². The lowest BCUT2D eigenvalue weighted by molar-refractivity contribution is -0.119. The second-order valence-electron chi connectivity index (χ2n) is 5.09. The Labute approximate surface area is 101 Å². The van der Waals surface area contributed by atoms with E-state index in [-0.39, 0.29) is 11.2 Å². The van der Waals surface area contributed by atoms with Crippen LogP contribution in [0, 0.1) is 0 Å². The van der Waals surface area contributed by atoms with Gasteiger partial charge in [0.15, 0.2) is 0 Å². The molecule has 1 heterocycles. The van der Waals surface area contributed by atoms with Crippen LogP contribution in [-0.2, 0) is 10.2 Å². The Bertz CT molecular complexity index is 477. The fourth-order valence-corrected chi connectivity index (χ4v) is 2.62. The molecule has 3 nitrogen and oxygen atoms in total. The lowest BCUT2D eigenvalue weighted by Gasteiger charge is -2.28. The first-order valence-corrected chi connectivity index (χ1v) is 6.13. The van der Waals surface area contributed by atoms with E-state index in [4.69, 9.17) is 4.74 Å². The summed E-state index contributed by atoms with van der Waals surface area (Å²) < 4.78 is 5.62. The molecule has 0 amide bonds. The minimum Gasteiger partial charge on any atom is -0.490 e. The molecule has 0 aromatic heterocycles. The van der Waals surface area contributed by atoms with E-state index in [2.05, 4.69) is 18.0 Å². The summed E-state index contributed by atoms with van der Waals surface area (Å²) in [5, 5.41) is 0. The number of Topliss-reactive ketones (excluding diaryl/α,β-unsaturated/α-hetero) is 1. The lowest BCUT2D eigenvalue weighted by Crippen LogP contribution is -2.29. The van der Waals surface area contributed by atoms with Crippen LogP contribution in [-0.4, -0.2) is 26.0 Å². The first-order chi connectivity index (χ1) is 8.13. The molecule has 0 bridgehead atoms. The number of nitrogens with zero attached hydrogens (tertiary/aromatic N) is 1. The molecule has 90 valence electrons. The predicted octanol–water partition coefficient (Wildman–Crippen LogP) is 2.14. The Kier molecular flexibility index (Phi) is 2.18. The lowest BCUT2D eigenvalue weighted by atomic mass is 9.91. The van der Waals surface area contributed by atoms with E-state index >= 15 is 0 Å². The topological polar surface area (TPSA) is 29.5 Å². The molecule has 2 aliphatic rings. The molecule has 0 N–H and O–H groups in total. The van der Waals surface area contributed by atoms with Crippen molar-refractivity contribution in [2.45, 2.75) is 25.2 Å². The molecule has 0 spiro atoms. The molecule has 1 saturated carbocycles. The van der Waals surface area contributed by atoms with Gasteiger partial charge in [0.25, 0.3) is 0 Å². The number of ketones is 1. The summed E-state index contributed by atoms with van der Waals surface area (Å²) in [4.78, 5) is 13.9. The van der Waals surface area contributed by atoms with E-state index in [1.165, 1.54) is 0 Å². The zero-order valence-electron chi connectivity index (χ0n) is 10.3. The van der Waals surface area contributed by atoms with E-state index < -0.39 is 0 Å². The molecule has 0 atom stereocenters. The highest BCUT2D eigenvalue weighted by Gasteiger charge is 2.49. The van der Waals surface area contributed by atoms with Crippen molar-refractivity contribution in [3.8, 4) is 5.75 Å². The Balaban J connectivity index is 2.04. The smallest absolute Gasteiger partial charge is 0.142 e. The minimum atomic E-state index is -0.187. The summed E-state index contributed by atoms with van der Waals surface area (Å²) in [6.07, 6.45) is 1.98. The zero-order chi connectivity index (χ0) is 12.0. The minimum absolute atomic E-state index is 0.187. The molecule has 3 heteroatoms. The third-order valence-electron chi connectivity index (χ3n) is 4.03. The maximum Gasteiger partial charge on any atom is 0.142 e. The molecule has 0 radical (unpaired) electrons. The average molecular weight is 231 g/mol. The number of ether oxygens (including phenoxy) is 1. The van der Waals surface area contributed by atoms with Crippen LogP contribution in [0.25, 0.3) is 0 Å². The van der Waals surface area contributed by atoms with Crippen LogP contribution in [0.15, 0.2) is 18.2 Å². The molecule has 0 saturated heterocycles. The zero-order valence-corrected chi connectivity index (χ0v) is 10.3. The number of fused-ring (bicyclic) bond motifs is 1. The second kappa shape index (κ2) is 3.49. The summed E-state index contributed by atoms with van der Waals surface area (Å²) in [5.74, 6) is 1.22. The van der Waals surface area contributed by atoms with Crippen molar-refractivity contribution in [2.24, 2.45) is 0 Å². The highest BCUT2D eigenvalue weighted by atomic mass is 16.5. The van der Waals surface area contributed by atoms with Crippen LogP contribution in [0.2, 0.25) is 0 Å². The van der Waals surface area contributed by atoms with Gasteiger partial charge in [-0.25, -0.2) is 0 Å². The number of hydrogen-bond donors (Lipinski definition) is 0. The Morgan fingerprint density at radius 3 is 2.82 bits per heavy atom. The number of anilines is 1. The quantitative estimate of drug-likeness (QED) is 0.781. The summed E-state index contributed by atoms with van der Waals surface area (Å²) >= 11 is 0. The first-order valence-electron chi connectivity index (χ1n) is 6.13. The van der Waals surface area contributed by atoms with Crippen molar-refractivity contribution in [1.29, 1.82) is 0 Å². The van der Waals surface area contributed by atoms with Crippen molar-refractivity contribution < 1.29 is 9.53 Å². The van der Waals surface area contributed by atoms with Crippen LogP contribution in [0.5, 0.6) is 5.75 Å². The molecular weight excluding hydrogens is 214 g/mol. The average Bonchev–Trinajstić information content (AvgIpc) is 3.10. The molecule has 3 rings (SSSR count). The molecular formula is C14H17NO2. The maximum absolute atomic E-state index is 11.7. The van der Waals surface area contributed by atoms with Crippen molar-refractivity contribution in [2.75, 3.05) is 25.1 Å². The van der Waals surface area contributed by atoms with Gasteiger partial charge in [0, 0.05) is 7.05 Å². The number of benzene rings is 1. The molecule has 0 unspecified atom stereocenters. The second-order valence-corrected chi connectivity index (χ2v) is 5.09. The summed E-state index contributed by atoms with van der Waals surface area (Å²) in [7, 11) is 2.07. The van der Waals surface area contributed by atoms with Gasteiger partial charge in [-0.3, -0.25) is 4.79 Å². The Morgan fingerprint density at radius 2 is 2.18 bits per heavy atom. The van der Waals surface area contributed by atoms with Crippen LogP contribution in [0.1, 0.15) is 25.3 Å². The van der Waals surface area contributed by atoms with Crippen molar-refractivity contribution in [3.63, 3.8) is 0 Å². The van der Waals surface area contributed by atoms with Gasteiger partial charge < -0.3 is 9.64 Å². The van der Waals surface area contributed by atoms with E-state index in [0.29, 0.717) is 0 Å². The van der Waals surface area contributed by atoms with E-state index in [1.54, 1.807) is 6.92 Å². The largest absolute Gasteiger partial charge is 0.490 e. The van der Waals surface area contributed by atoms with Gasteiger partial charge in [-0.15, -0.1) is 0 Å². The summed E-state index contributed by atoms with van der Waals surface area (Å²) in [5.41, 5.74) is 2.08. The van der Waals surface area contributed by atoms with Crippen molar-refractivity contribution >= 4 is 11.5 Å². The van der Waals surface area contributed by atoms with Gasteiger partial charge in [-0.05, 0) is 37.5 Å². The molecule has 1 aromatic carbocycles. The van der Waals surface area contributed by atoms with E-state index in [0.717, 1.165) is 43.0 Å². The van der Waals surface area contributed by atoms with Crippen molar-refractivity contribution in [1.82, 2.24) is 0 Å². The third kappa shape index (κ3) is 1.53. The van der Waals surface area contributed by atoms with E-state index in [9.17, 15) is 4.79 Å². The van der Waals surface area contributed by atoms with Gasteiger partial charge in [0.1, 0.15) is 18.1 Å². The van der Waals surface area contributed by atoms with Gasteiger partial charge in [0.05, 0.1) is 17.6 Å². The van der Waals surface area contributed by atoms with Crippen LogP contribution in [0.3, 0.4) is 0 Å².